The fraction of sp³-hybridized carbons (Fsp3) is 0.462. The average Bonchev–Trinajstić information content (AvgIpc) is 2.85. The van der Waals surface area contributed by atoms with E-state index in [0.717, 1.165) is 19.3 Å². The summed E-state index contributed by atoms with van der Waals surface area (Å²) in [7, 11) is 0. The molecule has 0 unspecified atom stereocenters. The van der Waals surface area contributed by atoms with E-state index in [1.165, 1.54) is 18.2 Å². The number of nitrogens with one attached hydrogen (secondary N) is 1. The zero-order valence-corrected chi connectivity index (χ0v) is 11.5. The third-order valence-electron chi connectivity index (χ3n) is 3.62. The lowest BCUT2D eigenvalue weighted by molar-refractivity contribution is -0.384. The second kappa shape index (κ2) is 6.19. The van der Waals surface area contributed by atoms with Crippen molar-refractivity contribution in [3.05, 3.63) is 38.9 Å². The van der Waals surface area contributed by atoms with E-state index in [2.05, 4.69) is 5.32 Å². The van der Waals surface area contributed by atoms with Gasteiger partial charge in [0.25, 0.3) is 11.6 Å². The lowest BCUT2D eigenvalue weighted by Crippen LogP contribution is -2.38. The molecular formula is C13H15ClN2O4. The smallest absolute Gasteiger partial charge is 0.287 e. The largest absolute Gasteiger partial charge is 0.396 e. The van der Waals surface area contributed by atoms with Gasteiger partial charge >= 0.3 is 0 Å². The second-order valence-corrected chi connectivity index (χ2v) is 5.28. The Morgan fingerprint density at radius 2 is 2.25 bits per heavy atom. The first-order valence-corrected chi connectivity index (χ1v) is 6.76. The van der Waals surface area contributed by atoms with Crippen molar-refractivity contribution in [1.82, 2.24) is 5.32 Å². The number of hydrogen-bond donors (Lipinski definition) is 2. The van der Waals surface area contributed by atoms with Gasteiger partial charge in [-0.05, 0) is 25.0 Å². The van der Waals surface area contributed by atoms with E-state index >= 15 is 0 Å². The minimum absolute atomic E-state index is 0.0476. The fourth-order valence-corrected chi connectivity index (χ4v) is 2.74. The molecule has 0 radical (unpaired) electrons. The van der Waals surface area contributed by atoms with Crippen molar-refractivity contribution in [3.8, 4) is 0 Å². The zero-order chi connectivity index (χ0) is 14.7. The van der Waals surface area contributed by atoms with E-state index in [9.17, 15) is 20.0 Å². The zero-order valence-electron chi connectivity index (χ0n) is 10.7. The number of hydrogen-bond acceptors (Lipinski definition) is 4. The molecule has 0 heterocycles. The number of benzene rings is 1. The first kappa shape index (κ1) is 14.7. The molecule has 7 heteroatoms. The van der Waals surface area contributed by atoms with Gasteiger partial charge in [-0.3, -0.25) is 14.9 Å². The summed E-state index contributed by atoms with van der Waals surface area (Å²) in [5.41, 5.74) is 0.0570. The Morgan fingerprint density at radius 3 is 2.85 bits per heavy atom. The molecule has 1 aromatic rings. The molecule has 1 aliphatic carbocycles. The number of nitro benzene ring substituents is 1. The first-order chi connectivity index (χ1) is 9.52. The van der Waals surface area contributed by atoms with Crippen LogP contribution in [-0.4, -0.2) is 28.6 Å². The first-order valence-electron chi connectivity index (χ1n) is 6.38. The molecule has 1 aromatic carbocycles. The highest BCUT2D eigenvalue weighted by atomic mass is 35.5. The molecule has 0 aromatic heterocycles. The van der Waals surface area contributed by atoms with Crippen LogP contribution < -0.4 is 5.32 Å². The summed E-state index contributed by atoms with van der Waals surface area (Å²) >= 11 is 5.78. The summed E-state index contributed by atoms with van der Waals surface area (Å²) < 4.78 is 0. The van der Waals surface area contributed by atoms with Crippen molar-refractivity contribution in [3.63, 3.8) is 0 Å². The van der Waals surface area contributed by atoms with E-state index in [1.807, 2.05) is 0 Å². The number of nitro groups is 1. The number of rotatable bonds is 4. The molecule has 1 fully saturated rings. The number of aliphatic hydroxyl groups excluding tert-OH is 1. The van der Waals surface area contributed by atoms with E-state index in [1.54, 1.807) is 0 Å². The summed E-state index contributed by atoms with van der Waals surface area (Å²) in [5, 5.41) is 22.7. The summed E-state index contributed by atoms with van der Waals surface area (Å²) in [4.78, 5) is 22.1. The Hall–Kier alpha value is -1.66. The second-order valence-electron chi connectivity index (χ2n) is 4.88. The van der Waals surface area contributed by atoms with Gasteiger partial charge in [-0.1, -0.05) is 18.0 Å². The Balaban J connectivity index is 2.10. The van der Waals surface area contributed by atoms with E-state index < -0.39 is 4.92 Å². The third kappa shape index (κ3) is 3.08. The third-order valence-corrected chi connectivity index (χ3v) is 3.92. The SMILES string of the molecule is O=C(N[C@@H]1CCC[C@H]1CO)c1ccc([N+](=O)[O-])c(Cl)c1. The highest BCUT2D eigenvalue weighted by Crippen LogP contribution is 2.27. The van der Waals surface area contributed by atoms with Gasteiger partial charge in [-0.25, -0.2) is 0 Å². The monoisotopic (exact) mass is 298 g/mol. The van der Waals surface area contributed by atoms with Gasteiger partial charge < -0.3 is 10.4 Å². The molecule has 0 saturated heterocycles. The van der Waals surface area contributed by atoms with E-state index in [0.29, 0.717) is 0 Å². The molecular weight excluding hydrogens is 284 g/mol. The van der Waals surface area contributed by atoms with Crippen molar-refractivity contribution in [2.24, 2.45) is 5.92 Å². The van der Waals surface area contributed by atoms with Crippen LogP contribution in [0.2, 0.25) is 5.02 Å². The molecule has 6 nitrogen and oxygen atoms in total. The van der Waals surface area contributed by atoms with Gasteiger partial charge in [-0.15, -0.1) is 0 Å². The maximum atomic E-state index is 12.1. The van der Waals surface area contributed by atoms with Crippen molar-refractivity contribution >= 4 is 23.2 Å². The van der Waals surface area contributed by atoms with Crippen LogP contribution in [0.5, 0.6) is 0 Å². The van der Waals surface area contributed by atoms with Crippen LogP contribution >= 0.6 is 11.6 Å². The van der Waals surface area contributed by atoms with E-state index in [-0.39, 0.29) is 40.7 Å². The van der Waals surface area contributed by atoms with Crippen molar-refractivity contribution in [2.45, 2.75) is 25.3 Å². The van der Waals surface area contributed by atoms with Gasteiger partial charge in [0.15, 0.2) is 0 Å². The highest BCUT2D eigenvalue weighted by molar-refractivity contribution is 6.33. The van der Waals surface area contributed by atoms with Crippen molar-refractivity contribution in [1.29, 1.82) is 0 Å². The van der Waals surface area contributed by atoms with Gasteiger partial charge in [0.05, 0.1) is 4.92 Å². The molecule has 1 amide bonds. The maximum absolute atomic E-state index is 12.1. The molecule has 0 aliphatic heterocycles. The molecule has 2 atom stereocenters. The van der Waals surface area contributed by atoms with Crippen LogP contribution in [0.3, 0.4) is 0 Å². The Morgan fingerprint density at radius 1 is 1.50 bits per heavy atom. The molecule has 1 saturated carbocycles. The summed E-state index contributed by atoms with van der Waals surface area (Å²) in [5.74, 6) is -0.250. The number of amides is 1. The van der Waals surface area contributed by atoms with E-state index in [4.69, 9.17) is 11.6 Å². The molecule has 108 valence electrons. The predicted octanol–water partition coefficient (Wildman–Crippen LogP) is 2.14. The minimum atomic E-state index is -0.594. The van der Waals surface area contributed by atoms with Crippen LogP contribution in [-0.2, 0) is 0 Å². The quantitative estimate of drug-likeness (QED) is 0.658. The molecule has 20 heavy (non-hydrogen) atoms. The van der Waals surface area contributed by atoms with Crippen LogP contribution in [0.15, 0.2) is 18.2 Å². The maximum Gasteiger partial charge on any atom is 0.287 e. The summed E-state index contributed by atoms with van der Waals surface area (Å²) in [6, 6.07) is 3.83. The summed E-state index contributed by atoms with van der Waals surface area (Å²) in [6.45, 7) is 0.0476. The minimum Gasteiger partial charge on any atom is -0.396 e. The average molecular weight is 299 g/mol. The fourth-order valence-electron chi connectivity index (χ4n) is 2.49. The molecule has 2 N–H and O–H groups in total. The van der Waals surface area contributed by atoms with Crippen LogP contribution in [0.4, 0.5) is 5.69 Å². The number of nitrogens with zero attached hydrogens (tertiary/aromatic N) is 1. The van der Waals surface area contributed by atoms with Gasteiger partial charge in [-0.2, -0.15) is 0 Å². The number of halogens is 1. The van der Waals surface area contributed by atoms with Gasteiger partial charge in [0, 0.05) is 30.2 Å². The molecule has 2 rings (SSSR count). The van der Waals surface area contributed by atoms with Crippen LogP contribution in [0.25, 0.3) is 0 Å². The van der Waals surface area contributed by atoms with Gasteiger partial charge in [0.1, 0.15) is 5.02 Å². The van der Waals surface area contributed by atoms with Crippen LogP contribution in [0, 0.1) is 16.0 Å². The predicted molar refractivity (Wildman–Crippen MR) is 73.8 cm³/mol. The number of carbonyl (C=O) groups is 1. The van der Waals surface area contributed by atoms with Crippen molar-refractivity contribution in [2.75, 3.05) is 6.61 Å². The lowest BCUT2D eigenvalue weighted by Gasteiger charge is -2.19. The van der Waals surface area contributed by atoms with Crippen LogP contribution in [0.1, 0.15) is 29.6 Å². The number of aliphatic hydroxyl groups is 1. The number of carbonyl (C=O) groups excluding carboxylic acids is 1. The highest BCUT2D eigenvalue weighted by Gasteiger charge is 2.28. The van der Waals surface area contributed by atoms with Gasteiger partial charge in [0.2, 0.25) is 0 Å². The Kier molecular flexibility index (Phi) is 4.57. The Labute approximate surface area is 120 Å². The molecule has 0 bridgehead atoms. The standard InChI is InChI=1S/C13H15ClN2O4/c14-10-6-8(4-5-12(10)16(19)20)13(18)15-11-3-1-2-9(11)7-17/h4-6,9,11,17H,1-3,7H2,(H,15,18)/t9-,11+/m0/s1. The molecule has 0 spiro atoms. The summed E-state index contributed by atoms with van der Waals surface area (Å²) in [6.07, 6.45) is 2.69. The lowest BCUT2D eigenvalue weighted by atomic mass is 10.0. The van der Waals surface area contributed by atoms with Crippen molar-refractivity contribution < 1.29 is 14.8 Å². The Bertz CT molecular complexity index is 535. The molecule has 1 aliphatic rings. The topological polar surface area (TPSA) is 92.5 Å². The normalized spacial score (nSPS) is 21.7.